The van der Waals surface area contributed by atoms with Crippen LogP contribution >= 0.6 is 0 Å². The maximum atomic E-state index is 12.9. The first kappa shape index (κ1) is 16.1. The lowest BCUT2D eigenvalue weighted by atomic mass is 10.0. The molecule has 3 heterocycles. The van der Waals surface area contributed by atoms with Gasteiger partial charge in [-0.1, -0.05) is 13.8 Å². The number of aryl methyl sites for hydroxylation is 1. The molecule has 0 aliphatic carbocycles. The van der Waals surface area contributed by atoms with Crippen molar-refractivity contribution in [2.24, 2.45) is 0 Å². The summed E-state index contributed by atoms with van der Waals surface area (Å²) in [6.45, 7) is 5.98. The average molecular weight is 329 g/mol. The van der Waals surface area contributed by atoms with Gasteiger partial charge in [-0.25, -0.2) is 19.7 Å². The van der Waals surface area contributed by atoms with Gasteiger partial charge in [-0.15, -0.1) is 0 Å². The number of carboxylic acid groups (broad SMARTS) is 1. The quantitative estimate of drug-likeness (QED) is 0.881. The van der Waals surface area contributed by atoms with Gasteiger partial charge in [0.25, 0.3) is 5.91 Å². The molecule has 0 fully saturated rings. The molecule has 0 saturated heterocycles. The van der Waals surface area contributed by atoms with E-state index >= 15 is 0 Å². The van der Waals surface area contributed by atoms with Crippen molar-refractivity contribution in [1.82, 2.24) is 24.8 Å². The molecule has 126 valence electrons. The number of carboxylic acids is 1. The van der Waals surface area contributed by atoms with Gasteiger partial charge < -0.3 is 15.0 Å². The lowest BCUT2D eigenvalue weighted by molar-refractivity contribution is -0.143. The standard InChI is InChI=1S/C16H19N5O3/c1-8(2)14-17-6-10(9(3)20-14)15(22)21-5-4-11-12(19-7-18-11)13(21)16(23)24/h6-8,13H,4-5H2,1-3H3,(H,18,19)(H,23,24). The minimum absolute atomic E-state index is 0.154. The summed E-state index contributed by atoms with van der Waals surface area (Å²) in [7, 11) is 0. The van der Waals surface area contributed by atoms with Gasteiger partial charge in [-0.05, 0) is 6.92 Å². The van der Waals surface area contributed by atoms with Gasteiger partial charge in [0.15, 0.2) is 6.04 Å². The Morgan fingerprint density at radius 1 is 1.38 bits per heavy atom. The van der Waals surface area contributed by atoms with Gasteiger partial charge in [-0.2, -0.15) is 0 Å². The fourth-order valence-electron chi connectivity index (χ4n) is 2.87. The molecule has 8 heteroatoms. The number of amides is 1. The number of carbonyl (C=O) groups excluding carboxylic acids is 1. The molecule has 1 aliphatic heterocycles. The van der Waals surface area contributed by atoms with Crippen LogP contribution in [-0.4, -0.2) is 48.4 Å². The van der Waals surface area contributed by atoms with Crippen LogP contribution in [0.3, 0.4) is 0 Å². The number of rotatable bonds is 3. The largest absolute Gasteiger partial charge is 0.479 e. The predicted octanol–water partition coefficient (Wildman–Crippen LogP) is 1.46. The number of nitrogens with zero attached hydrogens (tertiary/aromatic N) is 4. The highest BCUT2D eigenvalue weighted by atomic mass is 16.4. The Kier molecular flexibility index (Phi) is 4.04. The SMILES string of the molecule is Cc1nc(C(C)C)ncc1C(=O)N1CCc2[nH]cnc2C1C(=O)O. The fourth-order valence-corrected chi connectivity index (χ4v) is 2.87. The van der Waals surface area contributed by atoms with Crippen LogP contribution in [0.4, 0.5) is 0 Å². The molecule has 0 bridgehead atoms. The van der Waals surface area contributed by atoms with E-state index < -0.39 is 12.0 Å². The number of aromatic amines is 1. The molecule has 1 aliphatic rings. The van der Waals surface area contributed by atoms with Crippen molar-refractivity contribution in [2.75, 3.05) is 6.54 Å². The Balaban J connectivity index is 1.96. The van der Waals surface area contributed by atoms with E-state index in [1.54, 1.807) is 6.92 Å². The molecule has 0 aromatic carbocycles. The summed E-state index contributed by atoms with van der Waals surface area (Å²) in [5.41, 5.74) is 2.02. The van der Waals surface area contributed by atoms with Crippen molar-refractivity contribution in [3.63, 3.8) is 0 Å². The Hall–Kier alpha value is -2.77. The van der Waals surface area contributed by atoms with Crippen molar-refractivity contribution in [3.8, 4) is 0 Å². The number of carbonyl (C=O) groups is 2. The second-order valence-corrected chi connectivity index (χ2v) is 6.14. The number of nitrogens with one attached hydrogen (secondary N) is 1. The summed E-state index contributed by atoms with van der Waals surface area (Å²) in [6, 6.07) is -1.10. The maximum Gasteiger partial charge on any atom is 0.332 e. The smallest absolute Gasteiger partial charge is 0.332 e. The Labute approximate surface area is 139 Å². The van der Waals surface area contributed by atoms with Crippen LogP contribution < -0.4 is 0 Å². The summed E-state index contributed by atoms with van der Waals surface area (Å²) >= 11 is 0. The second kappa shape index (κ2) is 6.03. The van der Waals surface area contributed by atoms with Crippen LogP contribution in [0.1, 0.15) is 59.1 Å². The minimum Gasteiger partial charge on any atom is -0.479 e. The van der Waals surface area contributed by atoms with Gasteiger partial charge in [-0.3, -0.25) is 4.79 Å². The zero-order chi connectivity index (χ0) is 17.4. The molecule has 3 rings (SSSR count). The van der Waals surface area contributed by atoms with Crippen molar-refractivity contribution in [3.05, 3.63) is 41.0 Å². The number of hydrogen-bond donors (Lipinski definition) is 2. The summed E-state index contributed by atoms with van der Waals surface area (Å²) < 4.78 is 0. The first-order valence-corrected chi connectivity index (χ1v) is 7.79. The Morgan fingerprint density at radius 2 is 2.12 bits per heavy atom. The van der Waals surface area contributed by atoms with Crippen LogP contribution in [0.15, 0.2) is 12.5 Å². The molecule has 1 amide bonds. The summed E-state index contributed by atoms with van der Waals surface area (Å²) in [5, 5.41) is 9.58. The molecule has 0 saturated carbocycles. The average Bonchev–Trinajstić information content (AvgIpc) is 3.01. The lowest BCUT2D eigenvalue weighted by Gasteiger charge is -2.32. The van der Waals surface area contributed by atoms with Crippen LogP contribution in [0.5, 0.6) is 0 Å². The third kappa shape index (κ3) is 2.64. The fraction of sp³-hybridized carbons (Fsp3) is 0.438. The lowest BCUT2D eigenvalue weighted by Crippen LogP contribution is -2.44. The van der Waals surface area contributed by atoms with Crippen molar-refractivity contribution < 1.29 is 14.7 Å². The van der Waals surface area contributed by atoms with E-state index in [0.29, 0.717) is 35.7 Å². The van der Waals surface area contributed by atoms with Gasteiger partial charge in [0.1, 0.15) is 5.82 Å². The molecule has 8 nitrogen and oxygen atoms in total. The Bertz CT molecular complexity index is 799. The van der Waals surface area contributed by atoms with Crippen LogP contribution in [-0.2, 0) is 11.2 Å². The summed E-state index contributed by atoms with van der Waals surface area (Å²) in [4.78, 5) is 41.5. The van der Waals surface area contributed by atoms with Gasteiger partial charge in [0.2, 0.25) is 0 Å². The number of fused-ring (bicyclic) bond motifs is 1. The monoisotopic (exact) mass is 329 g/mol. The molecule has 0 spiro atoms. The molecule has 1 unspecified atom stereocenters. The molecule has 1 atom stereocenters. The summed E-state index contributed by atoms with van der Waals surface area (Å²) in [5.74, 6) is -0.675. The molecular formula is C16H19N5O3. The zero-order valence-electron chi connectivity index (χ0n) is 13.8. The van der Waals surface area contributed by atoms with Gasteiger partial charge >= 0.3 is 5.97 Å². The van der Waals surface area contributed by atoms with Gasteiger partial charge in [0.05, 0.1) is 23.3 Å². The topological polar surface area (TPSA) is 112 Å². The molecule has 2 aromatic heterocycles. The molecule has 2 N–H and O–H groups in total. The first-order valence-electron chi connectivity index (χ1n) is 7.79. The number of imidazole rings is 1. The van der Waals surface area contributed by atoms with Crippen molar-refractivity contribution in [2.45, 2.75) is 39.2 Å². The minimum atomic E-state index is -1.10. The van der Waals surface area contributed by atoms with Crippen molar-refractivity contribution in [1.29, 1.82) is 0 Å². The number of hydrogen-bond acceptors (Lipinski definition) is 5. The van der Waals surface area contributed by atoms with Gasteiger partial charge in [0, 0.05) is 30.8 Å². The highest BCUT2D eigenvalue weighted by Gasteiger charge is 2.38. The number of H-pyrrole nitrogens is 1. The predicted molar refractivity (Wildman–Crippen MR) is 84.6 cm³/mol. The van der Waals surface area contributed by atoms with Crippen LogP contribution in [0.2, 0.25) is 0 Å². The highest BCUT2D eigenvalue weighted by molar-refractivity contribution is 5.97. The van der Waals surface area contributed by atoms with E-state index in [1.807, 2.05) is 13.8 Å². The summed E-state index contributed by atoms with van der Waals surface area (Å²) in [6.07, 6.45) is 3.48. The first-order chi connectivity index (χ1) is 11.4. The van der Waals surface area contributed by atoms with E-state index in [0.717, 1.165) is 5.69 Å². The second-order valence-electron chi connectivity index (χ2n) is 6.14. The third-order valence-corrected chi connectivity index (χ3v) is 4.16. The number of aliphatic carboxylic acids is 1. The van der Waals surface area contributed by atoms with E-state index in [1.165, 1.54) is 17.4 Å². The normalized spacial score (nSPS) is 17.0. The molecule has 2 aromatic rings. The van der Waals surface area contributed by atoms with E-state index in [2.05, 4.69) is 19.9 Å². The van der Waals surface area contributed by atoms with Crippen LogP contribution in [0, 0.1) is 6.92 Å². The molecular weight excluding hydrogens is 310 g/mol. The third-order valence-electron chi connectivity index (χ3n) is 4.16. The van der Waals surface area contributed by atoms with E-state index in [9.17, 15) is 14.7 Å². The Morgan fingerprint density at radius 3 is 2.75 bits per heavy atom. The molecule has 0 radical (unpaired) electrons. The van der Waals surface area contributed by atoms with Crippen LogP contribution in [0.25, 0.3) is 0 Å². The van der Waals surface area contributed by atoms with E-state index in [-0.39, 0.29) is 11.8 Å². The maximum absolute atomic E-state index is 12.9. The van der Waals surface area contributed by atoms with E-state index in [4.69, 9.17) is 0 Å². The highest BCUT2D eigenvalue weighted by Crippen LogP contribution is 2.29. The van der Waals surface area contributed by atoms with Crippen molar-refractivity contribution >= 4 is 11.9 Å². The zero-order valence-corrected chi connectivity index (χ0v) is 13.8. The number of aromatic nitrogens is 4. The molecule has 24 heavy (non-hydrogen) atoms.